The number of fused-ring (bicyclic) bond motifs is 1. The lowest BCUT2D eigenvalue weighted by Crippen LogP contribution is -2.40. The van der Waals surface area contributed by atoms with Crippen LogP contribution >= 0.6 is 0 Å². The maximum absolute atomic E-state index is 5.03. The first-order valence-corrected chi connectivity index (χ1v) is 8.84. The van der Waals surface area contributed by atoms with Crippen LogP contribution in [0.15, 0.2) is 18.3 Å². The Kier molecular flexibility index (Phi) is 3.65. The molecule has 0 radical (unpaired) electrons. The van der Waals surface area contributed by atoms with Crippen LogP contribution in [0.3, 0.4) is 0 Å². The van der Waals surface area contributed by atoms with Gasteiger partial charge in [-0.1, -0.05) is 6.42 Å². The minimum absolute atomic E-state index is 0.462. The number of piperidine rings is 1. The summed E-state index contributed by atoms with van der Waals surface area (Å²) in [5, 5.41) is 0. The normalized spacial score (nSPS) is 24.0. The standard InChI is InChI=1S/C18H26N4/c1-13(2)21-12-4-3-10-16(21)18-20-15-9-6-11-19-17(15)22(18)14-7-5-8-14/h6,9,11,13-14,16H,3-5,7-8,10,12H2,1-2H3. The Morgan fingerprint density at radius 2 is 2.00 bits per heavy atom. The summed E-state index contributed by atoms with van der Waals surface area (Å²) in [5.74, 6) is 1.27. The molecule has 1 saturated heterocycles. The minimum Gasteiger partial charge on any atom is -0.308 e. The molecule has 2 aliphatic rings. The van der Waals surface area contributed by atoms with Crippen molar-refractivity contribution < 1.29 is 0 Å². The molecule has 0 N–H and O–H groups in total. The first kappa shape index (κ1) is 14.2. The van der Waals surface area contributed by atoms with E-state index >= 15 is 0 Å². The second-order valence-electron chi connectivity index (χ2n) is 7.11. The van der Waals surface area contributed by atoms with E-state index in [4.69, 9.17) is 4.98 Å². The van der Waals surface area contributed by atoms with Gasteiger partial charge in [0.05, 0.1) is 6.04 Å². The molecule has 4 rings (SSSR count). The van der Waals surface area contributed by atoms with E-state index in [-0.39, 0.29) is 0 Å². The Morgan fingerprint density at radius 1 is 1.14 bits per heavy atom. The van der Waals surface area contributed by atoms with Gasteiger partial charge in [-0.15, -0.1) is 0 Å². The van der Waals surface area contributed by atoms with Crippen LogP contribution in [-0.2, 0) is 0 Å². The highest BCUT2D eigenvalue weighted by Crippen LogP contribution is 2.40. The molecule has 1 unspecified atom stereocenters. The molecule has 3 heterocycles. The van der Waals surface area contributed by atoms with Crippen molar-refractivity contribution in [3.8, 4) is 0 Å². The quantitative estimate of drug-likeness (QED) is 0.856. The van der Waals surface area contributed by atoms with Crippen LogP contribution in [0.4, 0.5) is 0 Å². The molecule has 0 spiro atoms. The number of likely N-dealkylation sites (tertiary alicyclic amines) is 1. The highest BCUT2D eigenvalue weighted by Gasteiger charge is 2.33. The van der Waals surface area contributed by atoms with E-state index in [0.29, 0.717) is 18.1 Å². The van der Waals surface area contributed by atoms with Gasteiger partial charge in [-0.25, -0.2) is 9.97 Å². The number of nitrogens with zero attached hydrogens (tertiary/aromatic N) is 4. The van der Waals surface area contributed by atoms with Crippen LogP contribution in [0.1, 0.15) is 70.3 Å². The van der Waals surface area contributed by atoms with Crippen molar-refractivity contribution in [3.05, 3.63) is 24.2 Å². The molecule has 22 heavy (non-hydrogen) atoms. The predicted molar refractivity (Wildman–Crippen MR) is 88.9 cm³/mol. The van der Waals surface area contributed by atoms with Crippen LogP contribution in [0.25, 0.3) is 11.2 Å². The molecular weight excluding hydrogens is 272 g/mol. The minimum atomic E-state index is 0.462. The zero-order chi connectivity index (χ0) is 15.1. The van der Waals surface area contributed by atoms with Gasteiger partial charge >= 0.3 is 0 Å². The van der Waals surface area contributed by atoms with Crippen molar-refractivity contribution >= 4 is 11.2 Å². The van der Waals surface area contributed by atoms with Gasteiger partial charge < -0.3 is 4.57 Å². The average molecular weight is 298 g/mol. The number of pyridine rings is 1. The number of rotatable bonds is 3. The number of hydrogen-bond acceptors (Lipinski definition) is 3. The van der Waals surface area contributed by atoms with Crippen LogP contribution in [0.2, 0.25) is 0 Å². The van der Waals surface area contributed by atoms with Crippen molar-refractivity contribution in [2.75, 3.05) is 6.54 Å². The summed E-state index contributed by atoms with van der Waals surface area (Å²) in [5.41, 5.74) is 2.16. The number of imidazole rings is 1. The third-order valence-corrected chi connectivity index (χ3v) is 5.42. The maximum Gasteiger partial charge on any atom is 0.160 e. The molecule has 0 amide bonds. The fraction of sp³-hybridized carbons (Fsp3) is 0.667. The summed E-state index contributed by atoms with van der Waals surface area (Å²) >= 11 is 0. The van der Waals surface area contributed by atoms with Crippen LogP contribution in [0.5, 0.6) is 0 Å². The smallest absolute Gasteiger partial charge is 0.160 e. The van der Waals surface area contributed by atoms with Gasteiger partial charge in [0, 0.05) is 18.3 Å². The molecule has 4 heteroatoms. The third kappa shape index (κ3) is 2.24. The van der Waals surface area contributed by atoms with Gasteiger partial charge in [0.15, 0.2) is 5.65 Å². The van der Waals surface area contributed by atoms with Crippen molar-refractivity contribution in [3.63, 3.8) is 0 Å². The van der Waals surface area contributed by atoms with E-state index in [0.717, 1.165) is 11.2 Å². The SMILES string of the molecule is CC(C)N1CCCCC1c1nc2cccnc2n1C1CCC1. The summed E-state index contributed by atoms with van der Waals surface area (Å²) in [7, 11) is 0. The monoisotopic (exact) mass is 298 g/mol. The lowest BCUT2D eigenvalue weighted by molar-refractivity contribution is 0.100. The second kappa shape index (κ2) is 5.65. The summed E-state index contributed by atoms with van der Waals surface area (Å²) in [6, 6.07) is 5.77. The molecule has 2 fully saturated rings. The topological polar surface area (TPSA) is 34.0 Å². The van der Waals surface area contributed by atoms with Gasteiger partial charge in [-0.05, 0) is 64.6 Å². The molecule has 118 valence electrons. The van der Waals surface area contributed by atoms with Gasteiger partial charge in [0.1, 0.15) is 11.3 Å². The highest BCUT2D eigenvalue weighted by molar-refractivity contribution is 5.71. The predicted octanol–water partition coefficient (Wildman–Crippen LogP) is 4.09. The zero-order valence-electron chi connectivity index (χ0n) is 13.7. The van der Waals surface area contributed by atoms with Gasteiger partial charge in [-0.3, -0.25) is 4.90 Å². The first-order chi connectivity index (χ1) is 10.8. The molecule has 1 saturated carbocycles. The van der Waals surface area contributed by atoms with Gasteiger partial charge in [0.2, 0.25) is 0 Å². The van der Waals surface area contributed by atoms with E-state index in [1.807, 2.05) is 12.3 Å². The molecular formula is C18H26N4. The van der Waals surface area contributed by atoms with Crippen molar-refractivity contribution in [2.24, 2.45) is 0 Å². The average Bonchev–Trinajstić information content (AvgIpc) is 2.85. The van der Waals surface area contributed by atoms with Gasteiger partial charge in [-0.2, -0.15) is 0 Å². The third-order valence-electron chi connectivity index (χ3n) is 5.42. The van der Waals surface area contributed by atoms with Gasteiger partial charge in [0.25, 0.3) is 0 Å². The van der Waals surface area contributed by atoms with Crippen LogP contribution in [-0.4, -0.2) is 32.0 Å². The lowest BCUT2D eigenvalue weighted by Gasteiger charge is -2.40. The Morgan fingerprint density at radius 3 is 2.73 bits per heavy atom. The first-order valence-electron chi connectivity index (χ1n) is 8.84. The van der Waals surface area contributed by atoms with E-state index in [1.165, 1.54) is 50.9 Å². The Labute approximate surface area is 132 Å². The molecule has 1 atom stereocenters. The Balaban J connectivity index is 1.82. The summed E-state index contributed by atoms with van der Waals surface area (Å²) in [4.78, 5) is 12.3. The highest BCUT2D eigenvalue weighted by atomic mass is 15.3. The largest absolute Gasteiger partial charge is 0.308 e. The maximum atomic E-state index is 5.03. The summed E-state index contributed by atoms with van der Waals surface area (Å²) in [6.45, 7) is 5.82. The molecule has 1 aliphatic heterocycles. The molecule has 4 nitrogen and oxygen atoms in total. The Bertz CT molecular complexity index is 656. The van der Waals surface area contributed by atoms with E-state index in [9.17, 15) is 0 Å². The van der Waals surface area contributed by atoms with Crippen LogP contribution in [0, 0.1) is 0 Å². The summed E-state index contributed by atoms with van der Waals surface area (Å²) in [6.07, 6.45) is 9.67. The number of hydrogen-bond donors (Lipinski definition) is 0. The second-order valence-corrected chi connectivity index (χ2v) is 7.11. The number of aromatic nitrogens is 3. The molecule has 2 aromatic rings. The van der Waals surface area contributed by atoms with Crippen molar-refractivity contribution in [1.82, 2.24) is 19.4 Å². The molecule has 1 aliphatic carbocycles. The van der Waals surface area contributed by atoms with E-state index in [2.05, 4.69) is 34.4 Å². The molecule has 2 aromatic heterocycles. The molecule has 0 bridgehead atoms. The molecule has 0 aromatic carbocycles. The van der Waals surface area contributed by atoms with Crippen molar-refractivity contribution in [2.45, 2.75) is 70.5 Å². The zero-order valence-corrected chi connectivity index (χ0v) is 13.7. The fourth-order valence-electron chi connectivity index (χ4n) is 4.04. The summed E-state index contributed by atoms with van der Waals surface area (Å²) < 4.78 is 2.48. The lowest BCUT2D eigenvalue weighted by atomic mass is 9.92. The fourth-order valence-corrected chi connectivity index (χ4v) is 4.04. The van der Waals surface area contributed by atoms with Crippen molar-refractivity contribution in [1.29, 1.82) is 0 Å². The van der Waals surface area contributed by atoms with Crippen LogP contribution < -0.4 is 0 Å². The Hall–Kier alpha value is -1.42. The van der Waals surface area contributed by atoms with E-state index < -0.39 is 0 Å². The van der Waals surface area contributed by atoms with E-state index in [1.54, 1.807) is 0 Å².